The average molecular weight is 400 g/mol. The summed E-state index contributed by atoms with van der Waals surface area (Å²) in [5.74, 6) is 0.937. The van der Waals surface area contributed by atoms with Gasteiger partial charge in [0.25, 0.3) is 0 Å². The minimum atomic E-state index is -1.04. The van der Waals surface area contributed by atoms with E-state index in [1.165, 1.54) is 0 Å². The van der Waals surface area contributed by atoms with Crippen molar-refractivity contribution >= 4 is 17.7 Å². The molecule has 2 aromatic carbocycles. The van der Waals surface area contributed by atoms with Crippen molar-refractivity contribution in [1.82, 2.24) is 4.90 Å². The normalized spacial score (nSPS) is 24.4. The van der Waals surface area contributed by atoms with Crippen LogP contribution in [0.5, 0.6) is 5.75 Å². The Labute approximate surface area is 173 Å². The lowest BCUT2D eigenvalue weighted by molar-refractivity contribution is 0.000492. The van der Waals surface area contributed by atoms with E-state index in [2.05, 4.69) is 25.1 Å². The third-order valence-electron chi connectivity index (χ3n) is 5.64. The largest absolute Gasteiger partial charge is 0.497 e. The summed E-state index contributed by atoms with van der Waals surface area (Å²) < 4.78 is 5.27. The zero-order valence-corrected chi connectivity index (χ0v) is 17.7. The lowest BCUT2D eigenvalue weighted by Gasteiger charge is -2.39. The summed E-state index contributed by atoms with van der Waals surface area (Å²) >= 11 is 6.31. The van der Waals surface area contributed by atoms with E-state index in [0.717, 1.165) is 54.7 Å². The summed E-state index contributed by atoms with van der Waals surface area (Å²) in [6, 6.07) is 15.7. The van der Waals surface area contributed by atoms with E-state index in [9.17, 15) is 5.11 Å². The zero-order chi connectivity index (χ0) is 20.1. The molecule has 0 aromatic heterocycles. The number of nitrogens with zero attached hydrogens (tertiary/aromatic N) is 1. The van der Waals surface area contributed by atoms with Crippen molar-refractivity contribution in [3.05, 3.63) is 70.3 Å². The Kier molecular flexibility index (Phi) is 6.82. The minimum Gasteiger partial charge on any atom is -0.497 e. The van der Waals surface area contributed by atoms with Gasteiger partial charge in [-0.05, 0) is 74.3 Å². The first-order chi connectivity index (χ1) is 13.4. The smallest absolute Gasteiger partial charge is 0.118 e. The van der Waals surface area contributed by atoms with E-state index in [-0.39, 0.29) is 5.92 Å². The van der Waals surface area contributed by atoms with Crippen LogP contribution in [0.3, 0.4) is 0 Å². The van der Waals surface area contributed by atoms with Crippen molar-refractivity contribution < 1.29 is 9.84 Å². The van der Waals surface area contributed by atoms with Gasteiger partial charge in [0.05, 0.1) is 7.11 Å². The van der Waals surface area contributed by atoms with Crippen LogP contribution >= 0.6 is 11.6 Å². The highest BCUT2D eigenvalue weighted by atomic mass is 35.5. The van der Waals surface area contributed by atoms with Crippen LogP contribution in [0.15, 0.2) is 54.1 Å². The van der Waals surface area contributed by atoms with E-state index in [1.54, 1.807) is 7.11 Å². The molecule has 2 unspecified atom stereocenters. The number of ether oxygens (including phenoxy) is 1. The van der Waals surface area contributed by atoms with Crippen LogP contribution in [0, 0.1) is 5.92 Å². The number of rotatable bonds is 5. The van der Waals surface area contributed by atoms with Gasteiger partial charge in [-0.3, -0.25) is 0 Å². The minimum absolute atomic E-state index is 0.105. The van der Waals surface area contributed by atoms with Crippen molar-refractivity contribution in [3.8, 4) is 5.75 Å². The van der Waals surface area contributed by atoms with E-state index in [4.69, 9.17) is 16.3 Å². The molecule has 0 heterocycles. The van der Waals surface area contributed by atoms with Gasteiger partial charge in [-0.15, -0.1) is 0 Å². The molecule has 0 radical (unpaired) electrons. The van der Waals surface area contributed by atoms with Crippen molar-refractivity contribution in [3.63, 3.8) is 0 Å². The van der Waals surface area contributed by atoms with Crippen LogP contribution in [-0.2, 0) is 5.60 Å². The predicted octanol–water partition coefficient (Wildman–Crippen LogP) is 5.37. The summed E-state index contributed by atoms with van der Waals surface area (Å²) in [7, 11) is 5.80. The van der Waals surface area contributed by atoms with Gasteiger partial charge >= 0.3 is 0 Å². The zero-order valence-electron chi connectivity index (χ0n) is 17.0. The van der Waals surface area contributed by atoms with E-state index < -0.39 is 5.60 Å². The Morgan fingerprint density at radius 3 is 2.57 bits per heavy atom. The highest BCUT2D eigenvalue weighted by Gasteiger charge is 2.43. The van der Waals surface area contributed by atoms with Gasteiger partial charge in [-0.2, -0.15) is 0 Å². The van der Waals surface area contributed by atoms with Crippen LogP contribution in [0.25, 0.3) is 6.08 Å². The molecule has 2 atom stereocenters. The fraction of sp³-hybridized carbons (Fsp3) is 0.417. The topological polar surface area (TPSA) is 32.7 Å². The van der Waals surface area contributed by atoms with Gasteiger partial charge in [0.15, 0.2) is 0 Å². The molecule has 0 amide bonds. The Balaban J connectivity index is 2.11. The summed E-state index contributed by atoms with van der Waals surface area (Å²) in [4.78, 5) is 2.16. The van der Waals surface area contributed by atoms with Gasteiger partial charge in [0.1, 0.15) is 11.4 Å². The average Bonchev–Trinajstić information content (AvgIpc) is 2.83. The number of hydrogen-bond acceptors (Lipinski definition) is 3. The first-order valence-electron chi connectivity index (χ1n) is 9.91. The molecule has 0 bridgehead atoms. The summed E-state index contributed by atoms with van der Waals surface area (Å²) in [5.41, 5.74) is 1.98. The summed E-state index contributed by atoms with van der Waals surface area (Å²) in [6.07, 6.45) is 6.20. The second-order valence-corrected chi connectivity index (χ2v) is 8.36. The Bertz CT molecular complexity index is 816. The molecular formula is C24H30ClNO2. The fourth-order valence-corrected chi connectivity index (χ4v) is 4.45. The number of methoxy groups -OCH3 is 1. The Morgan fingerprint density at radius 2 is 1.93 bits per heavy atom. The second kappa shape index (κ2) is 9.13. The van der Waals surface area contributed by atoms with Crippen LogP contribution in [0.2, 0.25) is 5.02 Å². The maximum Gasteiger partial charge on any atom is 0.118 e. The molecule has 3 nitrogen and oxygen atoms in total. The van der Waals surface area contributed by atoms with E-state index in [0.29, 0.717) is 5.02 Å². The van der Waals surface area contributed by atoms with Crippen LogP contribution in [0.1, 0.15) is 36.8 Å². The Hall–Kier alpha value is -1.81. The van der Waals surface area contributed by atoms with Crippen molar-refractivity contribution in [2.45, 2.75) is 31.3 Å². The first-order valence-corrected chi connectivity index (χ1v) is 10.3. The number of benzene rings is 2. The maximum absolute atomic E-state index is 12.2. The predicted molar refractivity (Wildman–Crippen MR) is 117 cm³/mol. The number of aliphatic hydroxyl groups is 1. The molecule has 1 fully saturated rings. The summed E-state index contributed by atoms with van der Waals surface area (Å²) in [6.45, 7) is 0.822. The van der Waals surface area contributed by atoms with Gasteiger partial charge in [-0.1, -0.05) is 48.4 Å². The number of hydrogen-bond donors (Lipinski definition) is 1. The van der Waals surface area contributed by atoms with Crippen molar-refractivity contribution in [2.24, 2.45) is 5.92 Å². The van der Waals surface area contributed by atoms with E-state index >= 15 is 0 Å². The summed E-state index contributed by atoms with van der Waals surface area (Å²) in [5, 5.41) is 12.9. The fourth-order valence-electron chi connectivity index (χ4n) is 4.26. The lowest BCUT2D eigenvalue weighted by Crippen LogP contribution is -2.41. The molecule has 1 saturated carbocycles. The van der Waals surface area contributed by atoms with Crippen LogP contribution < -0.4 is 4.74 Å². The quantitative estimate of drug-likeness (QED) is 0.686. The van der Waals surface area contributed by atoms with Gasteiger partial charge in [0, 0.05) is 17.5 Å². The maximum atomic E-state index is 12.2. The third kappa shape index (κ3) is 4.60. The molecular weight excluding hydrogens is 370 g/mol. The molecule has 3 rings (SSSR count). The molecule has 2 aromatic rings. The van der Waals surface area contributed by atoms with Crippen molar-refractivity contribution in [2.75, 3.05) is 27.7 Å². The monoisotopic (exact) mass is 399 g/mol. The van der Waals surface area contributed by atoms with Gasteiger partial charge in [0.2, 0.25) is 0 Å². The number of halogens is 1. The van der Waals surface area contributed by atoms with Crippen LogP contribution in [-0.4, -0.2) is 37.8 Å². The molecule has 1 N–H and O–H groups in total. The molecule has 28 heavy (non-hydrogen) atoms. The highest BCUT2D eigenvalue weighted by Crippen LogP contribution is 2.45. The molecule has 0 saturated heterocycles. The van der Waals surface area contributed by atoms with Crippen LogP contribution in [0.4, 0.5) is 0 Å². The molecule has 150 valence electrons. The van der Waals surface area contributed by atoms with Gasteiger partial charge < -0.3 is 14.7 Å². The lowest BCUT2D eigenvalue weighted by atomic mass is 9.74. The molecule has 0 aliphatic heterocycles. The molecule has 1 aliphatic carbocycles. The molecule has 1 aliphatic rings. The molecule has 0 spiro atoms. The SMILES string of the molecule is COc1ccc(C=C2CCCCC(CN(C)C)C2(O)c2cccc(Cl)c2)cc1. The third-order valence-corrected chi connectivity index (χ3v) is 5.87. The standard InChI is InChI=1S/C24H30ClNO2/c1-26(2)17-21-8-5-4-7-19(15-18-11-13-23(28-3)14-12-18)24(21,27)20-9-6-10-22(25)16-20/h6,9-16,21,27H,4-5,7-8,17H2,1-3H3. The second-order valence-electron chi connectivity index (χ2n) is 7.92. The van der Waals surface area contributed by atoms with Gasteiger partial charge in [-0.25, -0.2) is 0 Å². The highest BCUT2D eigenvalue weighted by molar-refractivity contribution is 6.30. The Morgan fingerprint density at radius 1 is 1.18 bits per heavy atom. The van der Waals surface area contributed by atoms with E-state index in [1.807, 2.05) is 48.5 Å². The molecule has 4 heteroatoms. The first kappa shape index (κ1) is 20.9. The van der Waals surface area contributed by atoms with Crippen molar-refractivity contribution in [1.29, 1.82) is 0 Å².